The zero-order valence-corrected chi connectivity index (χ0v) is 13.4. The Morgan fingerprint density at radius 1 is 1.20 bits per heavy atom. The Morgan fingerprint density at radius 2 is 2.05 bits per heavy atom. The summed E-state index contributed by atoms with van der Waals surface area (Å²) in [5.74, 6) is 3.09. The number of nitrogens with one attached hydrogen (secondary N) is 1. The summed E-state index contributed by atoms with van der Waals surface area (Å²) in [5.41, 5.74) is 2.44. The van der Waals surface area contributed by atoms with E-state index in [0.29, 0.717) is 6.04 Å². The average Bonchev–Trinajstić information content (AvgIpc) is 2.45. The second-order valence-electron chi connectivity index (χ2n) is 5.50. The molecule has 2 aromatic rings. The van der Waals surface area contributed by atoms with Crippen LogP contribution in [0.25, 0.3) is 10.9 Å². The SMILES string of the molecule is CCNC(CSCC(C)C)c1ccc2ncccc2c1. The smallest absolute Gasteiger partial charge is 0.0702 e. The summed E-state index contributed by atoms with van der Waals surface area (Å²) in [6.07, 6.45) is 1.85. The lowest BCUT2D eigenvalue weighted by Gasteiger charge is -2.19. The molecule has 0 amide bonds. The van der Waals surface area contributed by atoms with Crippen molar-refractivity contribution in [3.63, 3.8) is 0 Å². The summed E-state index contributed by atoms with van der Waals surface area (Å²) in [6, 6.07) is 11.2. The van der Waals surface area contributed by atoms with Crippen molar-refractivity contribution in [2.75, 3.05) is 18.1 Å². The maximum Gasteiger partial charge on any atom is 0.0702 e. The molecule has 20 heavy (non-hydrogen) atoms. The summed E-state index contributed by atoms with van der Waals surface area (Å²) in [6.45, 7) is 7.72. The highest BCUT2D eigenvalue weighted by molar-refractivity contribution is 7.99. The van der Waals surface area contributed by atoms with Crippen LogP contribution in [0, 0.1) is 5.92 Å². The molecular weight excluding hydrogens is 264 g/mol. The van der Waals surface area contributed by atoms with Crippen molar-refractivity contribution in [2.24, 2.45) is 5.92 Å². The first-order valence-electron chi connectivity index (χ1n) is 7.36. The summed E-state index contributed by atoms with van der Waals surface area (Å²) < 4.78 is 0. The zero-order chi connectivity index (χ0) is 14.4. The first-order chi connectivity index (χ1) is 9.70. The molecule has 0 aliphatic heterocycles. The van der Waals surface area contributed by atoms with E-state index in [-0.39, 0.29) is 0 Å². The van der Waals surface area contributed by atoms with E-state index in [9.17, 15) is 0 Å². The Hall–Kier alpha value is -1.06. The lowest BCUT2D eigenvalue weighted by atomic mass is 10.1. The predicted molar refractivity (Wildman–Crippen MR) is 90.3 cm³/mol. The van der Waals surface area contributed by atoms with Gasteiger partial charge in [-0.05, 0) is 42.0 Å². The number of aromatic nitrogens is 1. The number of hydrogen-bond acceptors (Lipinski definition) is 3. The van der Waals surface area contributed by atoms with Crippen LogP contribution in [0.4, 0.5) is 0 Å². The molecule has 1 aromatic heterocycles. The molecule has 108 valence electrons. The fraction of sp³-hybridized carbons (Fsp3) is 0.471. The van der Waals surface area contributed by atoms with E-state index in [4.69, 9.17) is 0 Å². The van der Waals surface area contributed by atoms with Crippen molar-refractivity contribution >= 4 is 22.7 Å². The number of rotatable bonds is 7. The molecule has 0 radical (unpaired) electrons. The van der Waals surface area contributed by atoms with E-state index in [2.05, 4.69) is 55.3 Å². The topological polar surface area (TPSA) is 24.9 Å². The Bertz CT molecular complexity index is 539. The second-order valence-corrected chi connectivity index (χ2v) is 6.57. The molecule has 1 heterocycles. The standard InChI is InChI=1S/C17H24N2S/c1-4-18-17(12-20-11-13(2)3)15-7-8-16-14(10-15)6-5-9-19-16/h5-10,13,17-18H,4,11-12H2,1-3H3. The summed E-state index contributed by atoms with van der Waals surface area (Å²) in [7, 11) is 0. The van der Waals surface area contributed by atoms with E-state index in [1.807, 2.05) is 24.0 Å². The quantitative estimate of drug-likeness (QED) is 0.823. The largest absolute Gasteiger partial charge is 0.310 e. The van der Waals surface area contributed by atoms with E-state index < -0.39 is 0 Å². The minimum atomic E-state index is 0.424. The Balaban J connectivity index is 2.13. The van der Waals surface area contributed by atoms with Crippen LogP contribution in [-0.4, -0.2) is 23.0 Å². The van der Waals surface area contributed by atoms with Crippen LogP contribution in [0.2, 0.25) is 0 Å². The van der Waals surface area contributed by atoms with Crippen molar-refractivity contribution in [1.29, 1.82) is 0 Å². The van der Waals surface area contributed by atoms with Crippen LogP contribution in [0.3, 0.4) is 0 Å². The summed E-state index contributed by atoms with van der Waals surface area (Å²) in [5, 5.41) is 4.82. The molecule has 0 fully saturated rings. The number of pyridine rings is 1. The molecule has 0 saturated carbocycles. The molecule has 1 aromatic carbocycles. The average molecular weight is 288 g/mol. The zero-order valence-electron chi connectivity index (χ0n) is 12.6. The molecule has 0 aliphatic carbocycles. The predicted octanol–water partition coefficient (Wildman–Crippen LogP) is 4.27. The van der Waals surface area contributed by atoms with E-state index >= 15 is 0 Å². The third-order valence-corrected chi connectivity index (χ3v) is 4.69. The van der Waals surface area contributed by atoms with Crippen molar-refractivity contribution in [3.8, 4) is 0 Å². The van der Waals surface area contributed by atoms with Crippen molar-refractivity contribution in [1.82, 2.24) is 10.3 Å². The molecular formula is C17H24N2S. The summed E-state index contributed by atoms with van der Waals surface area (Å²) >= 11 is 2.03. The van der Waals surface area contributed by atoms with Crippen LogP contribution >= 0.6 is 11.8 Å². The maximum absolute atomic E-state index is 4.39. The molecule has 2 rings (SSSR count). The number of benzene rings is 1. The van der Waals surface area contributed by atoms with Crippen LogP contribution in [0.15, 0.2) is 36.5 Å². The van der Waals surface area contributed by atoms with Gasteiger partial charge in [0.25, 0.3) is 0 Å². The van der Waals surface area contributed by atoms with Crippen LogP contribution in [0.5, 0.6) is 0 Å². The van der Waals surface area contributed by atoms with Crippen LogP contribution in [-0.2, 0) is 0 Å². The Labute approximate surface area is 126 Å². The van der Waals surface area contributed by atoms with Gasteiger partial charge in [0.1, 0.15) is 0 Å². The maximum atomic E-state index is 4.39. The number of nitrogens with zero attached hydrogens (tertiary/aromatic N) is 1. The lowest BCUT2D eigenvalue weighted by molar-refractivity contribution is 0.605. The highest BCUT2D eigenvalue weighted by Gasteiger charge is 2.11. The van der Waals surface area contributed by atoms with Gasteiger partial charge in [-0.15, -0.1) is 0 Å². The van der Waals surface area contributed by atoms with Gasteiger partial charge in [-0.3, -0.25) is 4.98 Å². The number of hydrogen-bond donors (Lipinski definition) is 1. The highest BCUT2D eigenvalue weighted by Crippen LogP contribution is 2.23. The van der Waals surface area contributed by atoms with Crippen molar-refractivity contribution in [3.05, 3.63) is 42.1 Å². The molecule has 1 unspecified atom stereocenters. The van der Waals surface area contributed by atoms with Gasteiger partial charge in [-0.2, -0.15) is 11.8 Å². The van der Waals surface area contributed by atoms with Gasteiger partial charge >= 0.3 is 0 Å². The first-order valence-corrected chi connectivity index (χ1v) is 8.52. The van der Waals surface area contributed by atoms with E-state index in [1.165, 1.54) is 16.7 Å². The number of fused-ring (bicyclic) bond motifs is 1. The van der Waals surface area contributed by atoms with Crippen LogP contribution in [0.1, 0.15) is 32.4 Å². The minimum Gasteiger partial charge on any atom is -0.310 e. The van der Waals surface area contributed by atoms with Gasteiger partial charge < -0.3 is 5.32 Å². The van der Waals surface area contributed by atoms with Gasteiger partial charge in [-0.1, -0.05) is 32.9 Å². The Morgan fingerprint density at radius 3 is 2.80 bits per heavy atom. The molecule has 0 bridgehead atoms. The van der Waals surface area contributed by atoms with Crippen molar-refractivity contribution < 1.29 is 0 Å². The molecule has 1 atom stereocenters. The van der Waals surface area contributed by atoms with Crippen LogP contribution < -0.4 is 5.32 Å². The fourth-order valence-corrected chi connectivity index (χ4v) is 3.41. The third kappa shape index (κ3) is 4.22. The molecule has 0 aliphatic rings. The molecule has 0 saturated heterocycles. The van der Waals surface area contributed by atoms with Crippen molar-refractivity contribution in [2.45, 2.75) is 26.8 Å². The van der Waals surface area contributed by atoms with Gasteiger partial charge in [0.05, 0.1) is 5.52 Å². The highest BCUT2D eigenvalue weighted by atomic mass is 32.2. The molecule has 2 nitrogen and oxygen atoms in total. The molecule has 3 heteroatoms. The van der Waals surface area contributed by atoms with E-state index in [0.717, 1.165) is 23.7 Å². The van der Waals surface area contributed by atoms with Gasteiger partial charge in [0, 0.05) is 23.4 Å². The van der Waals surface area contributed by atoms with Gasteiger partial charge in [-0.25, -0.2) is 0 Å². The second kappa shape index (κ2) is 7.65. The summed E-state index contributed by atoms with van der Waals surface area (Å²) in [4.78, 5) is 4.39. The normalized spacial score (nSPS) is 13.0. The monoisotopic (exact) mass is 288 g/mol. The molecule has 0 spiro atoms. The third-order valence-electron chi connectivity index (χ3n) is 3.22. The first kappa shape index (κ1) is 15.3. The lowest BCUT2D eigenvalue weighted by Crippen LogP contribution is -2.23. The molecule has 1 N–H and O–H groups in total. The fourth-order valence-electron chi connectivity index (χ4n) is 2.25. The minimum absolute atomic E-state index is 0.424. The van der Waals surface area contributed by atoms with E-state index in [1.54, 1.807) is 0 Å². The van der Waals surface area contributed by atoms with Gasteiger partial charge in [0.2, 0.25) is 0 Å². The number of thioether (sulfide) groups is 1. The van der Waals surface area contributed by atoms with Gasteiger partial charge in [0.15, 0.2) is 0 Å². The Kier molecular flexibility index (Phi) is 5.86.